The number of nitrogens with one attached hydrogen (secondary N) is 1. The van der Waals surface area contributed by atoms with Crippen molar-refractivity contribution in [3.8, 4) is 5.75 Å². The average molecular weight is 355 g/mol. The van der Waals surface area contributed by atoms with Crippen molar-refractivity contribution >= 4 is 21.6 Å². The predicted molar refractivity (Wildman–Crippen MR) is 100 cm³/mol. The number of fused-ring (bicyclic) bond motifs is 3. The molecule has 0 bridgehead atoms. The molecule has 1 aromatic carbocycles. The van der Waals surface area contributed by atoms with Crippen LogP contribution in [0, 0.1) is 0 Å². The maximum absolute atomic E-state index is 12.5. The second-order valence-corrected chi connectivity index (χ2v) is 7.65. The van der Waals surface area contributed by atoms with Gasteiger partial charge in [0.25, 0.3) is 5.56 Å². The van der Waals surface area contributed by atoms with E-state index in [1.54, 1.807) is 18.4 Å². The molecule has 3 aromatic rings. The van der Waals surface area contributed by atoms with Crippen molar-refractivity contribution < 1.29 is 4.74 Å². The Bertz CT molecular complexity index is 959. The van der Waals surface area contributed by atoms with Crippen molar-refractivity contribution in [2.45, 2.75) is 32.4 Å². The zero-order valence-electron chi connectivity index (χ0n) is 14.5. The van der Waals surface area contributed by atoms with Gasteiger partial charge in [-0.1, -0.05) is 12.1 Å². The Balaban J connectivity index is 1.52. The quantitative estimate of drug-likeness (QED) is 0.764. The molecule has 2 aromatic heterocycles. The summed E-state index contributed by atoms with van der Waals surface area (Å²) in [5.41, 5.74) is 2.44. The van der Waals surface area contributed by atoms with E-state index in [0.29, 0.717) is 6.54 Å². The van der Waals surface area contributed by atoms with Gasteiger partial charge in [0.15, 0.2) is 0 Å². The van der Waals surface area contributed by atoms with E-state index < -0.39 is 0 Å². The summed E-state index contributed by atoms with van der Waals surface area (Å²) < 4.78 is 5.19. The van der Waals surface area contributed by atoms with Crippen LogP contribution in [-0.2, 0) is 25.9 Å². The summed E-state index contributed by atoms with van der Waals surface area (Å²) in [6.07, 6.45) is 3.25. The molecule has 4 rings (SSSR count). The van der Waals surface area contributed by atoms with Crippen LogP contribution < -0.4 is 10.3 Å². The maximum atomic E-state index is 12.5. The zero-order valence-corrected chi connectivity index (χ0v) is 15.3. The Morgan fingerprint density at radius 1 is 1.24 bits per heavy atom. The van der Waals surface area contributed by atoms with Crippen molar-refractivity contribution in [2.24, 2.45) is 0 Å². The average Bonchev–Trinajstić information content (AvgIpc) is 3.15. The van der Waals surface area contributed by atoms with Gasteiger partial charge in [0.1, 0.15) is 16.4 Å². The van der Waals surface area contributed by atoms with Gasteiger partial charge in [0.05, 0.1) is 19.0 Å². The van der Waals surface area contributed by atoms with Crippen LogP contribution in [0.3, 0.4) is 0 Å². The third-order valence-electron chi connectivity index (χ3n) is 4.66. The lowest BCUT2D eigenvalue weighted by Crippen LogP contribution is -2.21. The summed E-state index contributed by atoms with van der Waals surface area (Å²) in [5, 5.41) is 0.819. The van der Waals surface area contributed by atoms with Gasteiger partial charge in [-0.3, -0.25) is 9.69 Å². The fourth-order valence-electron chi connectivity index (χ4n) is 3.48. The van der Waals surface area contributed by atoms with Crippen LogP contribution in [0.25, 0.3) is 10.2 Å². The van der Waals surface area contributed by atoms with Crippen molar-refractivity contribution in [3.05, 3.63) is 56.4 Å². The van der Waals surface area contributed by atoms with Gasteiger partial charge in [0, 0.05) is 11.4 Å². The minimum atomic E-state index is 0.0113. The molecular formula is C19H21N3O2S. The van der Waals surface area contributed by atoms with E-state index in [9.17, 15) is 4.79 Å². The van der Waals surface area contributed by atoms with E-state index in [-0.39, 0.29) is 5.56 Å². The first-order valence-electron chi connectivity index (χ1n) is 8.49. The molecule has 0 unspecified atom stereocenters. The molecule has 0 fully saturated rings. The third kappa shape index (κ3) is 3.19. The van der Waals surface area contributed by atoms with E-state index in [1.807, 2.05) is 19.2 Å². The molecule has 0 radical (unpaired) electrons. The minimum absolute atomic E-state index is 0.0113. The van der Waals surface area contributed by atoms with E-state index in [1.165, 1.54) is 16.0 Å². The molecule has 2 heterocycles. The first-order chi connectivity index (χ1) is 12.1. The number of aromatic nitrogens is 2. The van der Waals surface area contributed by atoms with Gasteiger partial charge in [-0.25, -0.2) is 4.98 Å². The number of hydrogen-bond acceptors (Lipinski definition) is 5. The second kappa shape index (κ2) is 6.61. The lowest BCUT2D eigenvalue weighted by molar-refractivity contribution is 0.310. The number of rotatable bonds is 5. The van der Waals surface area contributed by atoms with Crippen molar-refractivity contribution in [1.29, 1.82) is 0 Å². The molecule has 0 saturated carbocycles. The van der Waals surface area contributed by atoms with Crippen LogP contribution in [0.4, 0.5) is 0 Å². The molecule has 1 N–H and O–H groups in total. The Hall–Kier alpha value is -2.18. The lowest BCUT2D eigenvalue weighted by Gasteiger charge is -2.16. The van der Waals surface area contributed by atoms with E-state index in [4.69, 9.17) is 9.72 Å². The molecule has 1 aliphatic carbocycles. The van der Waals surface area contributed by atoms with Crippen LogP contribution in [0.15, 0.2) is 29.1 Å². The van der Waals surface area contributed by atoms with Crippen LogP contribution in [0.5, 0.6) is 5.75 Å². The van der Waals surface area contributed by atoms with Crippen molar-refractivity contribution in [3.63, 3.8) is 0 Å². The highest BCUT2D eigenvalue weighted by Gasteiger charge is 2.21. The number of H-pyrrole nitrogens is 1. The molecule has 1 aliphatic rings. The highest BCUT2D eigenvalue weighted by Crippen LogP contribution is 2.34. The number of methoxy groups -OCH3 is 1. The molecule has 25 heavy (non-hydrogen) atoms. The predicted octanol–water partition coefficient (Wildman–Crippen LogP) is 3.11. The summed E-state index contributed by atoms with van der Waals surface area (Å²) in [6, 6.07) is 8.03. The topological polar surface area (TPSA) is 58.2 Å². The van der Waals surface area contributed by atoms with Gasteiger partial charge < -0.3 is 9.72 Å². The molecule has 0 saturated heterocycles. The van der Waals surface area contributed by atoms with E-state index in [0.717, 1.165) is 47.6 Å². The van der Waals surface area contributed by atoms with Gasteiger partial charge in [-0.15, -0.1) is 11.3 Å². The summed E-state index contributed by atoms with van der Waals surface area (Å²) in [6.45, 7) is 1.40. The number of benzene rings is 1. The molecule has 5 nitrogen and oxygen atoms in total. The standard InChI is InChI=1S/C19H21N3O2S/c1-22(10-12-6-8-13(24-2)9-7-12)11-16-20-18(23)17-14-4-3-5-15(14)25-19(17)21-16/h6-9H,3-5,10-11H2,1-2H3,(H,20,21,23). The van der Waals surface area contributed by atoms with Crippen LogP contribution in [0.1, 0.15) is 28.2 Å². The van der Waals surface area contributed by atoms with Gasteiger partial charge in [-0.05, 0) is 49.6 Å². The highest BCUT2D eigenvalue weighted by molar-refractivity contribution is 7.18. The first-order valence-corrected chi connectivity index (χ1v) is 9.30. The molecule has 0 atom stereocenters. The Morgan fingerprint density at radius 2 is 2.04 bits per heavy atom. The van der Waals surface area contributed by atoms with Gasteiger partial charge >= 0.3 is 0 Å². The fraction of sp³-hybridized carbons (Fsp3) is 0.368. The number of aromatic amines is 1. The summed E-state index contributed by atoms with van der Waals surface area (Å²) in [5.74, 6) is 1.59. The molecule has 0 aliphatic heterocycles. The summed E-state index contributed by atoms with van der Waals surface area (Å²) in [7, 11) is 3.70. The largest absolute Gasteiger partial charge is 0.497 e. The molecule has 0 spiro atoms. The zero-order chi connectivity index (χ0) is 17.4. The monoisotopic (exact) mass is 355 g/mol. The van der Waals surface area contributed by atoms with Gasteiger partial charge in [0.2, 0.25) is 0 Å². The minimum Gasteiger partial charge on any atom is -0.497 e. The molecule has 6 heteroatoms. The highest BCUT2D eigenvalue weighted by atomic mass is 32.1. The summed E-state index contributed by atoms with van der Waals surface area (Å²) in [4.78, 5) is 24.6. The first kappa shape index (κ1) is 16.3. The Labute approximate surface area is 150 Å². The Kier molecular flexibility index (Phi) is 4.31. The fourth-order valence-corrected chi connectivity index (χ4v) is 4.76. The van der Waals surface area contributed by atoms with E-state index >= 15 is 0 Å². The number of thiophene rings is 1. The smallest absolute Gasteiger partial charge is 0.259 e. The van der Waals surface area contributed by atoms with Crippen molar-refractivity contribution in [2.75, 3.05) is 14.2 Å². The van der Waals surface area contributed by atoms with Gasteiger partial charge in [-0.2, -0.15) is 0 Å². The molecule has 0 amide bonds. The molecular weight excluding hydrogens is 334 g/mol. The third-order valence-corrected chi connectivity index (χ3v) is 5.84. The normalized spacial score (nSPS) is 13.6. The maximum Gasteiger partial charge on any atom is 0.259 e. The molecule has 130 valence electrons. The second-order valence-electron chi connectivity index (χ2n) is 6.57. The summed E-state index contributed by atoms with van der Waals surface area (Å²) >= 11 is 1.69. The number of ether oxygens (including phenoxy) is 1. The lowest BCUT2D eigenvalue weighted by atomic mass is 10.2. The number of aryl methyl sites for hydroxylation is 2. The van der Waals surface area contributed by atoms with E-state index in [2.05, 4.69) is 22.0 Å². The SMILES string of the molecule is COc1ccc(CN(C)Cc2nc3sc4c(c3c(=O)[nH]2)CCC4)cc1. The van der Waals surface area contributed by atoms with Crippen molar-refractivity contribution in [1.82, 2.24) is 14.9 Å². The Morgan fingerprint density at radius 3 is 2.80 bits per heavy atom. The van der Waals surface area contributed by atoms with Crippen LogP contribution >= 0.6 is 11.3 Å². The van der Waals surface area contributed by atoms with Crippen LogP contribution in [0.2, 0.25) is 0 Å². The van der Waals surface area contributed by atoms with Crippen LogP contribution in [-0.4, -0.2) is 29.0 Å². The number of hydrogen-bond donors (Lipinski definition) is 1. The number of nitrogens with zero attached hydrogens (tertiary/aromatic N) is 2.